The lowest BCUT2D eigenvalue weighted by atomic mass is 10.1. The van der Waals surface area contributed by atoms with Crippen molar-refractivity contribution in [2.75, 3.05) is 26.0 Å². The van der Waals surface area contributed by atoms with E-state index in [1.54, 1.807) is 11.9 Å². The van der Waals surface area contributed by atoms with Crippen LogP contribution in [0.25, 0.3) is 0 Å². The van der Waals surface area contributed by atoms with E-state index in [0.29, 0.717) is 19.4 Å². The lowest BCUT2D eigenvalue weighted by molar-refractivity contribution is -0.133. The van der Waals surface area contributed by atoms with Gasteiger partial charge in [0.15, 0.2) is 0 Å². The highest BCUT2D eigenvalue weighted by atomic mass is 16.2. The van der Waals surface area contributed by atoms with Crippen LogP contribution in [-0.2, 0) is 16.1 Å². The summed E-state index contributed by atoms with van der Waals surface area (Å²) in [5.74, 6) is -0.0559. The lowest BCUT2D eigenvalue weighted by Gasteiger charge is -2.21. The number of hydrogen-bond donors (Lipinski definition) is 1. The third-order valence-corrected chi connectivity index (χ3v) is 3.54. The molecule has 1 fully saturated rings. The number of carbonyl (C=O) groups excluding carboxylic acids is 2. The summed E-state index contributed by atoms with van der Waals surface area (Å²) in [7, 11) is 5.76. The van der Waals surface area contributed by atoms with Gasteiger partial charge in [-0.3, -0.25) is 9.59 Å². The number of nitrogens with one attached hydrogen (secondary N) is 1. The Hall–Kier alpha value is -2.04. The van der Waals surface area contributed by atoms with E-state index in [9.17, 15) is 9.59 Å². The molecule has 0 bridgehead atoms. The van der Waals surface area contributed by atoms with E-state index in [0.717, 1.165) is 11.3 Å². The van der Waals surface area contributed by atoms with Crippen molar-refractivity contribution < 1.29 is 9.59 Å². The number of amides is 2. The van der Waals surface area contributed by atoms with Crippen LogP contribution < -0.4 is 10.2 Å². The Balaban J connectivity index is 1.95. The van der Waals surface area contributed by atoms with Gasteiger partial charge in [0.2, 0.25) is 11.8 Å². The van der Waals surface area contributed by atoms with Crippen molar-refractivity contribution in [2.24, 2.45) is 0 Å². The standard InChI is InChI=1S/C15H21N3O2/c1-17(2)12-6-4-11(5-7-12)10-18(3)15(20)13-8-9-14(19)16-13/h4-7,13H,8-10H2,1-3H3,(H,16,19)/t13-/m1/s1. The first-order valence-electron chi connectivity index (χ1n) is 6.78. The Morgan fingerprint density at radius 2 is 1.90 bits per heavy atom. The maximum atomic E-state index is 12.2. The molecule has 20 heavy (non-hydrogen) atoms. The minimum Gasteiger partial charge on any atom is -0.378 e. The van der Waals surface area contributed by atoms with E-state index in [4.69, 9.17) is 0 Å². The van der Waals surface area contributed by atoms with E-state index in [1.807, 2.05) is 43.3 Å². The molecule has 5 nitrogen and oxygen atoms in total. The summed E-state index contributed by atoms with van der Waals surface area (Å²) in [6, 6.07) is 7.75. The van der Waals surface area contributed by atoms with Crippen LogP contribution in [0.2, 0.25) is 0 Å². The number of hydrogen-bond acceptors (Lipinski definition) is 3. The summed E-state index contributed by atoms with van der Waals surface area (Å²) < 4.78 is 0. The second-order valence-corrected chi connectivity index (χ2v) is 5.41. The highest BCUT2D eigenvalue weighted by Crippen LogP contribution is 2.15. The molecule has 0 unspecified atom stereocenters. The zero-order chi connectivity index (χ0) is 14.7. The highest BCUT2D eigenvalue weighted by Gasteiger charge is 2.29. The van der Waals surface area contributed by atoms with Gasteiger partial charge in [-0.05, 0) is 24.1 Å². The van der Waals surface area contributed by atoms with Crippen molar-refractivity contribution in [3.05, 3.63) is 29.8 Å². The maximum absolute atomic E-state index is 12.2. The number of anilines is 1. The number of likely N-dealkylation sites (N-methyl/N-ethyl adjacent to an activating group) is 1. The SMILES string of the molecule is CN(Cc1ccc(N(C)C)cc1)C(=O)[C@H]1CCC(=O)N1. The van der Waals surface area contributed by atoms with Gasteiger partial charge in [-0.2, -0.15) is 0 Å². The van der Waals surface area contributed by atoms with Gasteiger partial charge in [0.25, 0.3) is 0 Å². The molecular weight excluding hydrogens is 254 g/mol. The van der Waals surface area contributed by atoms with Crippen molar-refractivity contribution in [3.63, 3.8) is 0 Å². The third-order valence-electron chi connectivity index (χ3n) is 3.54. The predicted molar refractivity (Wildman–Crippen MR) is 78.4 cm³/mol. The van der Waals surface area contributed by atoms with Crippen LogP contribution in [0.5, 0.6) is 0 Å². The van der Waals surface area contributed by atoms with Gasteiger partial charge in [-0.25, -0.2) is 0 Å². The summed E-state index contributed by atoms with van der Waals surface area (Å²) in [5, 5.41) is 2.71. The summed E-state index contributed by atoms with van der Waals surface area (Å²) in [4.78, 5) is 27.0. The number of rotatable bonds is 4. The molecule has 0 aromatic heterocycles. The second-order valence-electron chi connectivity index (χ2n) is 5.41. The smallest absolute Gasteiger partial charge is 0.245 e. The van der Waals surface area contributed by atoms with Crippen LogP contribution in [-0.4, -0.2) is 43.9 Å². The fraction of sp³-hybridized carbons (Fsp3) is 0.467. The largest absolute Gasteiger partial charge is 0.378 e. The maximum Gasteiger partial charge on any atom is 0.245 e. The third kappa shape index (κ3) is 3.29. The molecule has 1 heterocycles. The van der Waals surface area contributed by atoms with Gasteiger partial charge in [0, 0.05) is 39.8 Å². The molecule has 1 atom stereocenters. The van der Waals surface area contributed by atoms with Crippen molar-refractivity contribution in [1.29, 1.82) is 0 Å². The molecule has 1 saturated heterocycles. The summed E-state index contributed by atoms with van der Waals surface area (Å²) in [6.45, 7) is 0.554. The topological polar surface area (TPSA) is 52.7 Å². The second kappa shape index (κ2) is 5.94. The Labute approximate surface area is 119 Å². The summed E-state index contributed by atoms with van der Waals surface area (Å²) in [6.07, 6.45) is 1.04. The Morgan fingerprint density at radius 3 is 2.40 bits per heavy atom. The number of carbonyl (C=O) groups is 2. The van der Waals surface area contributed by atoms with E-state index in [2.05, 4.69) is 5.32 Å². The van der Waals surface area contributed by atoms with Crippen LogP contribution >= 0.6 is 0 Å². The molecule has 0 aliphatic carbocycles. The summed E-state index contributed by atoms with van der Waals surface area (Å²) in [5.41, 5.74) is 2.21. The van der Waals surface area contributed by atoms with Crippen molar-refractivity contribution in [3.8, 4) is 0 Å². The molecule has 1 aromatic carbocycles. The van der Waals surface area contributed by atoms with E-state index < -0.39 is 0 Å². The van der Waals surface area contributed by atoms with Gasteiger partial charge in [-0.1, -0.05) is 12.1 Å². The molecule has 1 N–H and O–H groups in total. The van der Waals surface area contributed by atoms with Crippen LogP contribution in [0, 0.1) is 0 Å². The predicted octanol–water partition coefficient (Wildman–Crippen LogP) is 0.990. The first-order valence-corrected chi connectivity index (χ1v) is 6.78. The van der Waals surface area contributed by atoms with E-state index in [-0.39, 0.29) is 17.9 Å². The zero-order valence-electron chi connectivity index (χ0n) is 12.2. The van der Waals surface area contributed by atoms with Crippen LogP contribution in [0.3, 0.4) is 0 Å². The van der Waals surface area contributed by atoms with Crippen LogP contribution in [0.1, 0.15) is 18.4 Å². The number of benzene rings is 1. The zero-order valence-corrected chi connectivity index (χ0v) is 12.2. The van der Waals surface area contributed by atoms with Gasteiger partial charge in [0.1, 0.15) is 6.04 Å². The molecular formula is C15H21N3O2. The lowest BCUT2D eigenvalue weighted by Crippen LogP contribution is -2.42. The van der Waals surface area contributed by atoms with Gasteiger partial charge in [0.05, 0.1) is 0 Å². The van der Waals surface area contributed by atoms with E-state index >= 15 is 0 Å². The molecule has 2 amide bonds. The minimum absolute atomic E-state index is 0.0208. The Kier molecular flexibility index (Phi) is 4.27. The molecule has 2 rings (SSSR count). The van der Waals surface area contributed by atoms with Crippen LogP contribution in [0.4, 0.5) is 5.69 Å². The molecule has 1 aliphatic heterocycles. The molecule has 5 heteroatoms. The molecule has 1 aliphatic rings. The average Bonchev–Trinajstić information content (AvgIpc) is 2.85. The number of nitrogens with zero attached hydrogens (tertiary/aromatic N) is 2. The normalized spacial score (nSPS) is 17.8. The Morgan fingerprint density at radius 1 is 1.25 bits per heavy atom. The monoisotopic (exact) mass is 275 g/mol. The van der Waals surface area contributed by atoms with E-state index in [1.165, 1.54) is 0 Å². The first kappa shape index (κ1) is 14.4. The molecule has 0 spiro atoms. The quantitative estimate of drug-likeness (QED) is 0.891. The van der Waals surface area contributed by atoms with Crippen LogP contribution in [0.15, 0.2) is 24.3 Å². The summed E-state index contributed by atoms with van der Waals surface area (Å²) >= 11 is 0. The highest BCUT2D eigenvalue weighted by molar-refractivity contribution is 5.90. The fourth-order valence-electron chi connectivity index (χ4n) is 2.32. The van der Waals surface area contributed by atoms with Gasteiger partial charge in [-0.15, -0.1) is 0 Å². The van der Waals surface area contributed by atoms with Crippen molar-refractivity contribution in [2.45, 2.75) is 25.4 Å². The van der Waals surface area contributed by atoms with Crippen molar-refractivity contribution >= 4 is 17.5 Å². The average molecular weight is 275 g/mol. The first-order chi connectivity index (χ1) is 9.47. The molecule has 0 saturated carbocycles. The minimum atomic E-state index is -0.353. The van der Waals surface area contributed by atoms with Gasteiger partial charge < -0.3 is 15.1 Å². The molecule has 1 aromatic rings. The molecule has 108 valence electrons. The fourth-order valence-corrected chi connectivity index (χ4v) is 2.32. The van der Waals surface area contributed by atoms with Gasteiger partial charge >= 0.3 is 0 Å². The molecule has 0 radical (unpaired) electrons. The Bertz CT molecular complexity index is 496. The van der Waals surface area contributed by atoms with Crippen molar-refractivity contribution in [1.82, 2.24) is 10.2 Å².